The zero-order valence-corrected chi connectivity index (χ0v) is 12.1. The molecule has 1 aliphatic rings. The average Bonchev–Trinajstić information content (AvgIpc) is 2.46. The summed E-state index contributed by atoms with van der Waals surface area (Å²) in [7, 11) is 4.13. The molecule has 0 fully saturated rings. The molecule has 0 saturated carbocycles. The van der Waals surface area contributed by atoms with Gasteiger partial charge in [-0.1, -0.05) is 19.1 Å². The van der Waals surface area contributed by atoms with Crippen LogP contribution >= 0.6 is 0 Å². The first-order valence-electron chi connectivity index (χ1n) is 7.03. The molecule has 3 heteroatoms. The van der Waals surface area contributed by atoms with E-state index in [9.17, 15) is 0 Å². The smallest absolute Gasteiger partial charge is 0.0876 e. The molecule has 3 nitrogen and oxygen atoms in total. The number of hydrogen-bond donors (Lipinski definition) is 1. The van der Waals surface area contributed by atoms with Gasteiger partial charge < -0.3 is 15.0 Å². The van der Waals surface area contributed by atoms with E-state index in [4.69, 9.17) is 4.74 Å². The number of benzene rings is 1. The van der Waals surface area contributed by atoms with Gasteiger partial charge in [-0.05, 0) is 42.7 Å². The van der Waals surface area contributed by atoms with Crippen molar-refractivity contribution in [3.8, 4) is 0 Å². The fourth-order valence-electron chi connectivity index (χ4n) is 2.43. The van der Waals surface area contributed by atoms with Gasteiger partial charge in [-0.25, -0.2) is 0 Å². The molecule has 19 heavy (non-hydrogen) atoms. The quantitative estimate of drug-likeness (QED) is 0.880. The molecule has 1 aliphatic heterocycles. The Morgan fingerprint density at radius 1 is 1.26 bits per heavy atom. The molecule has 1 aromatic rings. The van der Waals surface area contributed by atoms with E-state index in [0.717, 1.165) is 26.0 Å². The summed E-state index contributed by atoms with van der Waals surface area (Å²) in [4.78, 5) is 2.12. The molecule has 0 aromatic heterocycles. The number of nitrogens with one attached hydrogen (secondary N) is 1. The van der Waals surface area contributed by atoms with Gasteiger partial charge in [0.25, 0.3) is 0 Å². The van der Waals surface area contributed by atoms with Crippen molar-refractivity contribution in [1.29, 1.82) is 0 Å². The van der Waals surface area contributed by atoms with Crippen LogP contribution in [0, 0.1) is 0 Å². The van der Waals surface area contributed by atoms with Crippen LogP contribution in [-0.2, 0) is 4.74 Å². The van der Waals surface area contributed by atoms with Crippen LogP contribution in [0.4, 0.5) is 5.69 Å². The van der Waals surface area contributed by atoms with Gasteiger partial charge in [0.2, 0.25) is 0 Å². The van der Waals surface area contributed by atoms with Crippen molar-refractivity contribution in [3.63, 3.8) is 0 Å². The molecular weight excluding hydrogens is 236 g/mol. The van der Waals surface area contributed by atoms with E-state index in [1.54, 1.807) is 0 Å². The predicted molar refractivity (Wildman–Crippen MR) is 80.5 cm³/mol. The molecule has 1 aromatic carbocycles. The number of hydrogen-bond acceptors (Lipinski definition) is 3. The second-order valence-corrected chi connectivity index (χ2v) is 5.14. The van der Waals surface area contributed by atoms with Gasteiger partial charge in [-0.3, -0.25) is 0 Å². The minimum Gasteiger partial charge on any atom is -0.501 e. The lowest BCUT2D eigenvalue weighted by molar-refractivity contribution is 0.219. The number of ether oxygens (including phenoxy) is 1. The minimum atomic E-state index is 0.279. The Morgan fingerprint density at radius 3 is 2.53 bits per heavy atom. The summed E-state index contributed by atoms with van der Waals surface area (Å²) in [6, 6.07) is 9.03. The summed E-state index contributed by atoms with van der Waals surface area (Å²) < 4.78 is 5.48. The van der Waals surface area contributed by atoms with Crippen molar-refractivity contribution in [2.75, 3.05) is 32.1 Å². The fourth-order valence-corrected chi connectivity index (χ4v) is 2.43. The zero-order chi connectivity index (χ0) is 13.7. The van der Waals surface area contributed by atoms with Gasteiger partial charge in [-0.2, -0.15) is 0 Å². The Kier molecular flexibility index (Phi) is 4.86. The summed E-state index contributed by atoms with van der Waals surface area (Å²) in [5, 5.41) is 3.56. The van der Waals surface area contributed by atoms with Gasteiger partial charge in [0.1, 0.15) is 0 Å². The third kappa shape index (κ3) is 3.51. The Morgan fingerprint density at radius 2 is 2.00 bits per heavy atom. The van der Waals surface area contributed by atoms with Crippen molar-refractivity contribution in [2.45, 2.75) is 25.8 Å². The van der Waals surface area contributed by atoms with Crippen LogP contribution in [0.1, 0.15) is 31.4 Å². The molecule has 104 valence electrons. The highest BCUT2D eigenvalue weighted by atomic mass is 16.5. The third-order valence-corrected chi connectivity index (χ3v) is 3.48. The topological polar surface area (TPSA) is 24.5 Å². The average molecular weight is 260 g/mol. The molecule has 1 N–H and O–H groups in total. The highest BCUT2D eigenvalue weighted by Crippen LogP contribution is 2.28. The summed E-state index contributed by atoms with van der Waals surface area (Å²) in [5.41, 5.74) is 3.89. The maximum Gasteiger partial charge on any atom is 0.0876 e. The minimum absolute atomic E-state index is 0.279. The second-order valence-electron chi connectivity index (χ2n) is 5.14. The fraction of sp³-hybridized carbons (Fsp3) is 0.500. The molecule has 2 rings (SSSR count). The Hall–Kier alpha value is -1.48. The van der Waals surface area contributed by atoms with Crippen molar-refractivity contribution in [2.24, 2.45) is 0 Å². The van der Waals surface area contributed by atoms with Crippen molar-refractivity contribution in [3.05, 3.63) is 41.7 Å². The largest absolute Gasteiger partial charge is 0.501 e. The number of rotatable bonds is 5. The first-order chi connectivity index (χ1) is 9.22. The molecule has 1 heterocycles. The lowest BCUT2D eigenvalue weighted by Gasteiger charge is -2.25. The molecule has 0 aliphatic carbocycles. The van der Waals surface area contributed by atoms with Gasteiger partial charge >= 0.3 is 0 Å². The summed E-state index contributed by atoms with van der Waals surface area (Å²) in [5.74, 6) is 0. The van der Waals surface area contributed by atoms with Crippen molar-refractivity contribution in [1.82, 2.24) is 5.32 Å². The number of nitrogens with zero attached hydrogens (tertiary/aromatic N) is 1. The van der Waals surface area contributed by atoms with Crippen LogP contribution in [0.5, 0.6) is 0 Å². The number of likely N-dealkylation sites (N-methyl/N-ethyl adjacent to an activating group) is 1. The first kappa shape index (κ1) is 13.9. The first-order valence-corrected chi connectivity index (χ1v) is 7.03. The standard InChI is InChI=1S/C16H24N2O/c1-4-17-16(14-6-5-11-19-12-14)13-7-9-15(10-8-13)18(2)3/h7-10,12,16-17H,4-6,11H2,1-3H3. The van der Waals surface area contributed by atoms with E-state index in [-0.39, 0.29) is 6.04 Å². The van der Waals surface area contributed by atoms with E-state index < -0.39 is 0 Å². The summed E-state index contributed by atoms with van der Waals surface area (Å²) in [6.07, 6.45) is 4.17. The van der Waals surface area contributed by atoms with Crippen LogP contribution in [0.15, 0.2) is 36.1 Å². The Labute approximate surface area is 116 Å². The highest BCUT2D eigenvalue weighted by molar-refractivity contribution is 5.47. The SMILES string of the molecule is CCNC(C1=COCCC1)c1ccc(N(C)C)cc1. The lowest BCUT2D eigenvalue weighted by Crippen LogP contribution is -2.24. The van der Waals surface area contributed by atoms with Gasteiger partial charge in [0.05, 0.1) is 18.9 Å². The van der Waals surface area contributed by atoms with Crippen LogP contribution < -0.4 is 10.2 Å². The van der Waals surface area contributed by atoms with Crippen LogP contribution in [-0.4, -0.2) is 27.2 Å². The van der Waals surface area contributed by atoms with E-state index in [0.29, 0.717) is 0 Å². The molecule has 0 saturated heterocycles. The maximum absolute atomic E-state index is 5.48. The highest BCUT2D eigenvalue weighted by Gasteiger charge is 2.18. The van der Waals surface area contributed by atoms with Crippen LogP contribution in [0.25, 0.3) is 0 Å². The lowest BCUT2D eigenvalue weighted by atomic mass is 9.95. The van der Waals surface area contributed by atoms with E-state index in [1.165, 1.54) is 16.8 Å². The molecule has 1 unspecified atom stereocenters. The Bertz CT molecular complexity index is 423. The van der Waals surface area contributed by atoms with Gasteiger partial charge in [0, 0.05) is 19.8 Å². The monoisotopic (exact) mass is 260 g/mol. The molecule has 0 radical (unpaired) electrons. The molecule has 0 bridgehead atoms. The van der Waals surface area contributed by atoms with Gasteiger partial charge in [-0.15, -0.1) is 0 Å². The van der Waals surface area contributed by atoms with E-state index in [1.807, 2.05) is 6.26 Å². The van der Waals surface area contributed by atoms with Crippen LogP contribution in [0.2, 0.25) is 0 Å². The molecule has 0 amide bonds. The van der Waals surface area contributed by atoms with Crippen molar-refractivity contribution < 1.29 is 4.74 Å². The normalized spacial score (nSPS) is 16.5. The van der Waals surface area contributed by atoms with Gasteiger partial charge in [0.15, 0.2) is 0 Å². The summed E-state index contributed by atoms with van der Waals surface area (Å²) in [6.45, 7) is 3.95. The van der Waals surface area contributed by atoms with Crippen LogP contribution in [0.3, 0.4) is 0 Å². The predicted octanol–water partition coefficient (Wildman–Crippen LogP) is 3.10. The van der Waals surface area contributed by atoms with Crippen molar-refractivity contribution >= 4 is 5.69 Å². The number of anilines is 1. The molecule has 1 atom stereocenters. The molecule has 0 spiro atoms. The third-order valence-electron chi connectivity index (χ3n) is 3.48. The Balaban J connectivity index is 2.20. The summed E-state index contributed by atoms with van der Waals surface area (Å²) >= 11 is 0. The van der Waals surface area contributed by atoms with E-state index >= 15 is 0 Å². The zero-order valence-electron chi connectivity index (χ0n) is 12.1. The molecular formula is C16H24N2O. The second kappa shape index (κ2) is 6.62. The van der Waals surface area contributed by atoms with E-state index in [2.05, 4.69) is 55.5 Å². The maximum atomic E-state index is 5.48.